The lowest BCUT2D eigenvalue weighted by Crippen LogP contribution is -1.85. The molecule has 0 aromatic carbocycles. The molecule has 0 aromatic heterocycles. The molecule has 0 aliphatic heterocycles. The highest BCUT2D eigenvalue weighted by atomic mass is 16.2. The van der Waals surface area contributed by atoms with E-state index < -0.39 is 0 Å². The predicted molar refractivity (Wildman–Crippen MR) is 209 cm³/mol. The summed E-state index contributed by atoms with van der Waals surface area (Å²) in [6.45, 7) is 7.27. The van der Waals surface area contributed by atoms with Gasteiger partial charge in [0, 0.05) is 6.61 Å². The molecule has 1 nitrogen and oxygen atoms in total. The first kappa shape index (κ1) is 47.1. The second kappa shape index (κ2) is 48.4. The fraction of sp³-hybridized carbons (Fsp3) is 1.00. The summed E-state index contributed by atoms with van der Waals surface area (Å²) in [5, 5.41) is 8.71. The van der Waals surface area contributed by atoms with E-state index in [4.69, 9.17) is 5.11 Å². The first-order valence-corrected chi connectivity index (χ1v) is 21.9. The average Bonchev–Trinajstić information content (AvgIpc) is 3.05. The van der Waals surface area contributed by atoms with Crippen molar-refractivity contribution in [1.82, 2.24) is 0 Å². The van der Waals surface area contributed by atoms with Crippen LogP contribution in [-0.2, 0) is 0 Å². The first-order valence-electron chi connectivity index (χ1n) is 21.9. The van der Waals surface area contributed by atoms with E-state index in [-0.39, 0.29) is 0 Å². The maximum absolute atomic E-state index is 8.71. The standard InChI is InChI=1S/C22H46O.C22H46/c1-2-3-4-5-6-7-8-9-10-11-12-13-14-15-16-17-18-19-20-21-22-23;1-3-5-7-9-11-13-15-17-19-21-22-20-18-16-14-12-10-8-6-4-2/h23H,2-22H2,1H3;3-22H2,1-2H3. The lowest BCUT2D eigenvalue weighted by Gasteiger charge is -2.03. The van der Waals surface area contributed by atoms with Crippen LogP contribution < -0.4 is 0 Å². The van der Waals surface area contributed by atoms with E-state index in [1.165, 1.54) is 250 Å². The van der Waals surface area contributed by atoms with Gasteiger partial charge >= 0.3 is 0 Å². The number of unbranched alkanes of at least 4 members (excludes halogenated alkanes) is 38. The van der Waals surface area contributed by atoms with Crippen molar-refractivity contribution in [2.24, 2.45) is 0 Å². The maximum atomic E-state index is 8.71. The van der Waals surface area contributed by atoms with Gasteiger partial charge in [-0.25, -0.2) is 0 Å². The molecular formula is C44H92O. The zero-order valence-electron chi connectivity index (χ0n) is 32.4. The molecule has 1 N–H and O–H groups in total. The molecule has 45 heavy (non-hydrogen) atoms. The smallest absolute Gasteiger partial charge is 0.0431 e. The Hall–Kier alpha value is -0.0400. The molecule has 0 unspecified atom stereocenters. The van der Waals surface area contributed by atoms with Gasteiger partial charge in [-0.2, -0.15) is 0 Å². The fourth-order valence-corrected chi connectivity index (χ4v) is 6.70. The molecule has 274 valence electrons. The van der Waals surface area contributed by atoms with E-state index in [1.54, 1.807) is 0 Å². The fourth-order valence-electron chi connectivity index (χ4n) is 6.70. The van der Waals surface area contributed by atoms with Gasteiger partial charge in [0.05, 0.1) is 0 Å². The van der Waals surface area contributed by atoms with Crippen molar-refractivity contribution in [3.05, 3.63) is 0 Å². The molecule has 0 amide bonds. The van der Waals surface area contributed by atoms with Crippen LogP contribution in [0.15, 0.2) is 0 Å². The Morgan fingerprint density at radius 2 is 0.289 bits per heavy atom. The second-order valence-corrected chi connectivity index (χ2v) is 14.8. The minimum Gasteiger partial charge on any atom is -0.396 e. The van der Waals surface area contributed by atoms with Gasteiger partial charge in [0.15, 0.2) is 0 Å². The Morgan fingerprint density at radius 1 is 0.178 bits per heavy atom. The Labute approximate surface area is 288 Å². The van der Waals surface area contributed by atoms with Crippen LogP contribution in [0, 0.1) is 0 Å². The summed E-state index contributed by atoms with van der Waals surface area (Å²) in [7, 11) is 0. The Balaban J connectivity index is 0. The largest absolute Gasteiger partial charge is 0.396 e. The van der Waals surface area contributed by atoms with E-state index in [0.29, 0.717) is 6.61 Å². The van der Waals surface area contributed by atoms with Crippen molar-refractivity contribution in [2.45, 2.75) is 278 Å². The quantitative estimate of drug-likeness (QED) is 0.0666. The summed E-state index contributed by atoms with van der Waals surface area (Å²) in [6, 6.07) is 0. The molecule has 0 aromatic rings. The van der Waals surface area contributed by atoms with Crippen molar-refractivity contribution >= 4 is 0 Å². The highest BCUT2D eigenvalue weighted by molar-refractivity contribution is 4.52. The minimum atomic E-state index is 0.374. The summed E-state index contributed by atoms with van der Waals surface area (Å²) < 4.78 is 0. The minimum absolute atomic E-state index is 0.374. The molecule has 0 heterocycles. The van der Waals surface area contributed by atoms with Crippen LogP contribution in [0.1, 0.15) is 278 Å². The second-order valence-electron chi connectivity index (χ2n) is 14.8. The number of aliphatic hydroxyl groups is 1. The van der Waals surface area contributed by atoms with Crippen LogP contribution in [0.4, 0.5) is 0 Å². The van der Waals surface area contributed by atoms with Crippen LogP contribution >= 0.6 is 0 Å². The topological polar surface area (TPSA) is 20.2 Å². The van der Waals surface area contributed by atoms with Crippen LogP contribution in [0.25, 0.3) is 0 Å². The van der Waals surface area contributed by atoms with Gasteiger partial charge < -0.3 is 5.11 Å². The first-order chi connectivity index (χ1) is 22.3. The van der Waals surface area contributed by atoms with Crippen LogP contribution in [-0.4, -0.2) is 11.7 Å². The zero-order chi connectivity index (χ0) is 33.0. The molecule has 0 aliphatic carbocycles. The predicted octanol–water partition coefficient (Wildman–Crippen LogP) is 16.6. The van der Waals surface area contributed by atoms with E-state index in [2.05, 4.69) is 20.8 Å². The van der Waals surface area contributed by atoms with Gasteiger partial charge in [-0.15, -0.1) is 0 Å². The molecule has 1 heteroatoms. The zero-order valence-corrected chi connectivity index (χ0v) is 32.4. The van der Waals surface area contributed by atoms with Crippen molar-refractivity contribution in [3.63, 3.8) is 0 Å². The summed E-state index contributed by atoms with van der Waals surface area (Å²) >= 11 is 0. The third kappa shape index (κ3) is 51.0. The lowest BCUT2D eigenvalue weighted by atomic mass is 10.0. The highest BCUT2D eigenvalue weighted by Gasteiger charge is 1.97. The molecule has 0 spiro atoms. The monoisotopic (exact) mass is 637 g/mol. The van der Waals surface area contributed by atoms with E-state index in [0.717, 1.165) is 6.42 Å². The third-order valence-electron chi connectivity index (χ3n) is 9.97. The Bertz CT molecular complexity index is 406. The SMILES string of the molecule is CCCCCCCCCCCCCCCCCCCCCC.CCCCCCCCCCCCCCCCCCCCCCO. The van der Waals surface area contributed by atoms with Crippen molar-refractivity contribution in [2.75, 3.05) is 6.61 Å². The Kier molecular flexibility index (Phi) is 50.6. The van der Waals surface area contributed by atoms with Crippen molar-refractivity contribution in [1.29, 1.82) is 0 Å². The number of hydrogen-bond acceptors (Lipinski definition) is 1. The number of aliphatic hydroxyl groups excluding tert-OH is 1. The normalized spacial score (nSPS) is 11.2. The third-order valence-corrected chi connectivity index (χ3v) is 9.97. The summed E-state index contributed by atoms with van der Waals surface area (Å²) in [5.74, 6) is 0. The summed E-state index contributed by atoms with van der Waals surface area (Å²) in [5.41, 5.74) is 0. The van der Waals surface area contributed by atoms with E-state index >= 15 is 0 Å². The molecular weight excluding hydrogens is 544 g/mol. The molecule has 0 rings (SSSR count). The van der Waals surface area contributed by atoms with Gasteiger partial charge in [0.25, 0.3) is 0 Å². The molecule has 0 bridgehead atoms. The molecule has 0 radical (unpaired) electrons. The van der Waals surface area contributed by atoms with E-state index in [1.807, 2.05) is 0 Å². The van der Waals surface area contributed by atoms with Gasteiger partial charge in [-0.1, -0.05) is 271 Å². The van der Waals surface area contributed by atoms with Gasteiger partial charge in [0.2, 0.25) is 0 Å². The van der Waals surface area contributed by atoms with Gasteiger partial charge in [-0.05, 0) is 6.42 Å². The van der Waals surface area contributed by atoms with Crippen LogP contribution in [0.3, 0.4) is 0 Å². The Morgan fingerprint density at radius 3 is 0.400 bits per heavy atom. The van der Waals surface area contributed by atoms with Gasteiger partial charge in [0.1, 0.15) is 0 Å². The van der Waals surface area contributed by atoms with Crippen LogP contribution in [0.2, 0.25) is 0 Å². The molecule has 0 fully saturated rings. The van der Waals surface area contributed by atoms with E-state index in [9.17, 15) is 0 Å². The van der Waals surface area contributed by atoms with Gasteiger partial charge in [-0.3, -0.25) is 0 Å². The molecule has 0 atom stereocenters. The molecule has 0 aliphatic rings. The van der Waals surface area contributed by atoms with Crippen molar-refractivity contribution < 1.29 is 5.11 Å². The summed E-state index contributed by atoms with van der Waals surface area (Å²) in [4.78, 5) is 0. The summed E-state index contributed by atoms with van der Waals surface area (Å²) in [6.07, 6.45) is 57.5. The maximum Gasteiger partial charge on any atom is 0.0431 e. The van der Waals surface area contributed by atoms with Crippen molar-refractivity contribution in [3.8, 4) is 0 Å². The molecule has 0 saturated heterocycles. The highest BCUT2D eigenvalue weighted by Crippen LogP contribution is 2.16. The average molecular weight is 637 g/mol. The molecule has 0 saturated carbocycles. The number of hydrogen-bond donors (Lipinski definition) is 1. The van der Waals surface area contributed by atoms with Crippen LogP contribution in [0.5, 0.6) is 0 Å². The lowest BCUT2D eigenvalue weighted by molar-refractivity contribution is 0.282. The number of rotatable bonds is 39.